The molecule has 2 fully saturated rings. The van der Waals surface area contributed by atoms with Crippen molar-refractivity contribution < 1.29 is 14.3 Å². The quantitative estimate of drug-likeness (QED) is 0.649. The summed E-state index contributed by atoms with van der Waals surface area (Å²) >= 11 is 0. The molecule has 2 aromatic rings. The Morgan fingerprint density at radius 3 is 2.53 bits per heavy atom. The summed E-state index contributed by atoms with van der Waals surface area (Å²) in [4.78, 5) is 33.6. The van der Waals surface area contributed by atoms with Crippen molar-refractivity contribution in [2.75, 3.05) is 12.4 Å². The second-order valence-electron chi connectivity index (χ2n) is 7.88. The maximum Gasteiger partial charge on any atom is 0.270 e. The molecule has 2 aliphatic rings. The van der Waals surface area contributed by atoms with Gasteiger partial charge in [-0.2, -0.15) is 0 Å². The van der Waals surface area contributed by atoms with Gasteiger partial charge in [0.25, 0.3) is 5.91 Å². The summed E-state index contributed by atoms with van der Waals surface area (Å²) in [5.41, 5.74) is 1.05. The summed E-state index contributed by atoms with van der Waals surface area (Å²) in [6.07, 6.45) is 7.32. The topological polar surface area (TPSA) is 105 Å². The molecule has 0 bridgehead atoms. The van der Waals surface area contributed by atoms with Gasteiger partial charge >= 0.3 is 0 Å². The first kappa shape index (κ1) is 20.1. The minimum absolute atomic E-state index is 0.0213. The van der Waals surface area contributed by atoms with E-state index >= 15 is 0 Å². The number of aromatic nitrogens is 2. The molecule has 2 saturated carbocycles. The van der Waals surface area contributed by atoms with Gasteiger partial charge in [-0.1, -0.05) is 18.9 Å². The van der Waals surface area contributed by atoms with Crippen LogP contribution < -0.4 is 20.7 Å². The molecule has 3 N–H and O–H groups in total. The Morgan fingerprint density at radius 2 is 1.80 bits per heavy atom. The van der Waals surface area contributed by atoms with Crippen LogP contribution in [0.1, 0.15) is 49.0 Å². The number of anilines is 2. The van der Waals surface area contributed by atoms with Crippen LogP contribution in [0.3, 0.4) is 0 Å². The summed E-state index contributed by atoms with van der Waals surface area (Å²) in [7, 11) is 1.60. The van der Waals surface area contributed by atoms with Gasteiger partial charge in [0.1, 0.15) is 11.4 Å². The van der Waals surface area contributed by atoms with Crippen LogP contribution in [-0.2, 0) is 4.79 Å². The molecule has 8 nitrogen and oxygen atoms in total. The first-order chi connectivity index (χ1) is 14.6. The van der Waals surface area contributed by atoms with Crippen LogP contribution in [0.25, 0.3) is 0 Å². The largest absolute Gasteiger partial charge is 0.497 e. The molecule has 1 aromatic heterocycles. The number of methoxy groups -OCH3 is 1. The molecule has 4 rings (SSSR count). The third-order valence-corrected chi connectivity index (χ3v) is 5.57. The van der Waals surface area contributed by atoms with E-state index in [0.29, 0.717) is 11.7 Å². The molecule has 2 unspecified atom stereocenters. The molecule has 1 heterocycles. The maximum atomic E-state index is 12.8. The van der Waals surface area contributed by atoms with Gasteiger partial charge in [0.05, 0.1) is 7.11 Å². The lowest BCUT2D eigenvalue weighted by atomic mass is 9.90. The number of benzene rings is 1. The number of hydrogen-bond acceptors (Lipinski definition) is 6. The van der Waals surface area contributed by atoms with Gasteiger partial charge in [-0.3, -0.25) is 9.59 Å². The Bertz CT molecular complexity index is 915. The third kappa shape index (κ3) is 5.06. The highest BCUT2D eigenvalue weighted by molar-refractivity contribution is 5.92. The van der Waals surface area contributed by atoms with E-state index in [2.05, 4.69) is 25.9 Å². The smallest absolute Gasteiger partial charge is 0.270 e. The van der Waals surface area contributed by atoms with Gasteiger partial charge in [-0.25, -0.2) is 9.97 Å². The molecule has 0 aliphatic heterocycles. The van der Waals surface area contributed by atoms with Crippen molar-refractivity contribution >= 4 is 23.5 Å². The van der Waals surface area contributed by atoms with Gasteiger partial charge in [0.15, 0.2) is 0 Å². The first-order valence-electron chi connectivity index (χ1n) is 10.5. The molecule has 30 heavy (non-hydrogen) atoms. The van der Waals surface area contributed by atoms with E-state index in [-0.39, 0.29) is 35.5 Å². The molecule has 8 heteroatoms. The predicted octanol–water partition coefficient (Wildman–Crippen LogP) is 2.80. The van der Waals surface area contributed by atoms with Gasteiger partial charge in [0.2, 0.25) is 11.9 Å². The van der Waals surface area contributed by atoms with Gasteiger partial charge in [-0.15, -0.1) is 0 Å². The molecule has 2 atom stereocenters. The number of nitrogens with one attached hydrogen (secondary N) is 3. The number of carbonyl (C=O) groups excluding carboxylic acids is 2. The number of carbonyl (C=O) groups is 2. The average Bonchev–Trinajstić information content (AvgIpc) is 3.61. The van der Waals surface area contributed by atoms with Gasteiger partial charge in [-0.05, 0) is 43.9 Å². The SMILES string of the molecule is COc1cccc(Nc2nccc(C(=O)NC3CCCCC3NC(=O)C3CC3)n2)c1. The minimum atomic E-state index is -0.260. The Morgan fingerprint density at radius 1 is 1.03 bits per heavy atom. The van der Waals surface area contributed by atoms with Crippen LogP contribution in [0.4, 0.5) is 11.6 Å². The summed E-state index contributed by atoms with van der Waals surface area (Å²) < 4.78 is 5.22. The minimum Gasteiger partial charge on any atom is -0.497 e. The van der Waals surface area contributed by atoms with Crippen molar-refractivity contribution in [1.29, 1.82) is 0 Å². The molecular formula is C22H27N5O3. The highest BCUT2D eigenvalue weighted by atomic mass is 16.5. The van der Waals surface area contributed by atoms with Crippen LogP contribution in [0, 0.1) is 5.92 Å². The monoisotopic (exact) mass is 409 g/mol. The van der Waals surface area contributed by atoms with Crippen LogP contribution >= 0.6 is 0 Å². The van der Waals surface area contributed by atoms with Crippen molar-refractivity contribution in [2.24, 2.45) is 5.92 Å². The Hall–Kier alpha value is -3.16. The highest BCUT2D eigenvalue weighted by Gasteiger charge is 2.34. The third-order valence-electron chi connectivity index (χ3n) is 5.57. The lowest BCUT2D eigenvalue weighted by Crippen LogP contribution is -2.53. The highest BCUT2D eigenvalue weighted by Crippen LogP contribution is 2.30. The summed E-state index contributed by atoms with van der Waals surface area (Å²) in [6.45, 7) is 0. The second-order valence-corrected chi connectivity index (χ2v) is 7.88. The number of rotatable bonds is 7. The molecule has 0 spiro atoms. The van der Waals surface area contributed by atoms with Crippen LogP contribution in [0.2, 0.25) is 0 Å². The maximum absolute atomic E-state index is 12.8. The fourth-order valence-corrected chi connectivity index (χ4v) is 3.74. The second kappa shape index (κ2) is 9.11. The van der Waals surface area contributed by atoms with E-state index in [0.717, 1.165) is 44.2 Å². The molecule has 0 radical (unpaired) electrons. The van der Waals surface area contributed by atoms with Crippen molar-refractivity contribution in [1.82, 2.24) is 20.6 Å². The Labute approximate surface area is 175 Å². The lowest BCUT2D eigenvalue weighted by Gasteiger charge is -2.32. The summed E-state index contributed by atoms with van der Waals surface area (Å²) in [5, 5.41) is 9.29. The van der Waals surface area contributed by atoms with E-state index in [9.17, 15) is 9.59 Å². The number of amides is 2. The first-order valence-corrected chi connectivity index (χ1v) is 10.5. The van der Waals surface area contributed by atoms with E-state index in [1.54, 1.807) is 19.4 Å². The predicted molar refractivity (Wildman–Crippen MR) is 113 cm³/mol. The fraction of sp³-hybridized carbons (Fsp3) is 0.455. The van der Waals surface area contributed by atoms with Gasteiger partial charge < -0.3 is 20.7 Å². The summed E-state index contributed by atoms with van der Waals surface area (Å²) in [6, 6.07) is 8.88. The Balaban J connectivity index is 1.40. The molecule has 158 valence electrons. The number of ether oxygens (including phenoxy) is 1. The zero-order valence-electron chi connectivity index (χ0n) is 17.1. The molecule has 2 aliphatic carbocycles. The molecule has 1 aromatic carbocycles. The van der Waals surface area contributed by atoms with Crippen molar-refractivity contribution in [3.8, 4) is 5.75 Å². The number of hydrogen-bond donors (Lipinski definition) is 3. The van der Waals surface area contributed by atoms with E-state index in [4.69, 9.17) is 4.74 Å². The molecular weight excluding hydrogens is 382 g/mol. The molecule has 2 amide bonds. The van der Waals surface area contributed by atoms with E-state index < -0.39 is 0 Å². The van der Waals surface area contributed by atoms with Crippen LogP contribution in [0.5, 0.6) is 5.75 Å². The zero-order chi connectivity index (χ0) is 20.9. The van der Waals surface area contributed by atoms with Crippen molar-refractivity contribution in [3.05, 3.63) is 42.2 Å². The Kier molecular flexibility index (Phi) is 6.11. The van der Waals surface area contributed by atoms with Crippen molar-refractivity contribution in [2.45, 2.75) is 50.6 Å². The van der Waals surface area contributed by atoms with Crippen LogP contribution in [0.15, 0.2) is 36.5 Å². The van der Waals surface area contributed by atoms with E-state index in [1.807, 2.05) is 24.3 Å². The normalized spacial score (nSPS) is 20.8. The van der Waals surface area contributed by atoms with Crippen LogP contribution in [-0.4, -0.2) is 41.0 Å². The van der Waals surface area contributed by atoms with Gasteiger partial charge in [0, 0.05) is 36.0 Å². The number of nitrogens with zero attached hydrogens (tertiary/aromatic N) is 2. The standard InChI is InChI=1S/C22H27N5O3/c1-30-16-6-4-5-15(13-16)24-22-23-12-11-19(27-22)21(29)26-18-8-3-2-7-17(18)25-20(28)14-9-10-14/h4-6,11-14,17-18H,2-3,7-10H2,1H3,(H,25,28)(H,26,29)(H,23,24,27). The fourth-order valence-electron chi connectivity index (χ4n) is 3.74. The molecule has 0 saturated heterocycles. The van der Waals surface area contributed by atoms with E-state index in [1.165, 1.54) is 0 Å². The summed E-state index contributed by atoms with van der Waals surface area (Å²) in [5.74, 6) is 1.07. The zero-order valence-corrected chi connectivity index (χ0v) is 17.1. The lowest BCUT2D eigenvalue weighted by molar-refractivity contribution is -0.123. The van der Waals surface area contributed by atoms with Crippen molar-refractivity contribution in [3.63, 3.8) is 0 Å². The average molecular weight is 409 g/mol.